The third-order valence-corrected chi connectivity index (χ3v) is 4.53. The van der Waals surface area contributed by atoms with Gasteiger partial charge in [0.2, 0.25) is 11.5 Å². The number of hydrogen-bond acceptors (Lipinski definition) is 5. The second-order valence-corrected chi connectivity index (χ2v) is 5.88. The van der Waals surface area contributed by atoms with Crippen molar-refractivity contribution < 1.29 is 28.8 Å². The molecule has 0 radical (unpaired) electrons. The normalized spacial score (nSPS) is 13.5. The lowest BCUT2D eigenvalue weighted by molar-refractivity contribution is -0.136. The molecular weight excluding hydrogens is 324 g/mol. The maximum Gasteiger partial charge on any atom is 0.303 e. The molecule has 1 aromatic rings. The standard InChI is InChI=1S/C19H26O6/c1-22-16-13-10-8-12(6-5-7-15(20)21)9-11-14(13)17(23-2)19(25-4)18(16)24-3/h6H,5,7-11H2,1-4H3,(H,20,21). The van der Waals surface area contributed by atoms with Crippen molar-refractivity contribution in [3.05, 3.63) is 22.8 Å². The van der Waals surface area contributed by atoms with E-state index < -0.39 is 5.97 Å². The summed E-state index contributed by atoms with van der Waals surface area (Å²) in [6, 6.07) is 0. The van der Waals surface area contributed by atoms with E-state index in [4.69, 9.17) is 24.1 Å². The van der Waals surface area contributed by atoms with E-state index in [9.17, 15) is 4.79 Å². The zero-order valence-corrected chi connectivity index (χ0v) is 15.3. The smallest absolute Gasteiger partial charge is 0.303 e. The zero-order valence-electron chi connectivity index (χ0n) is 15.3. The molecule has 25 heavy (non-hydrogen) atoms. The summed E-state index contributed by atoms with van der Waals surface area (Å²) in [6.07, 6.45) is 6.06. The van der Waals surface area contributed by atoms with E-state index >= 15 is 0 Å². The Balaban J connectivity index is 2.42. The Morgan fingerprint density at radius 1 is 0.840 bits per heavy atom. The second-order valence-electron chi connectivity index (χ2n) is 5.88. The summed E-state index contributed by atoms with van der Waals surface area (Å²) >= 11 is 0. The van der Waals surface area contributed by atoms with Crippen molar-refractivity contribution >= 4 is 5.97 Å². The maximum absolute atomic E-state index is 10.7. The van der Waals surface area contributed by atoms with Crippen molar-refractivity contribution in [3.8, 4) is 23.0 Å². The first kappa shape index (κ1) is 19.0. The Labute approximate surface area is 148 Å². The summed E-state index contributed by atoms with van der Waals surface area (Å²) in [5.74, 6) is 1.67. The minimum atomic E-state index is -0.772. The molecule has 0 aromatic heterocycles. The predicted octanol–water partition coefficient (Wildman–Crippen LogP) is 3.39. The predicted molar refractivity (Wildman–Crippen MR) is 94.2 cm³/mol. The number of ether oxygens (including phenoxy) is 4. The molecule has 6 nitrogen and oxygen atoms in total. The van der Waals surface area contributed by atoms with Crippen molar-refractivity contribution in [1.82, 2.24) is 0 Å². The summed E-state index contributed by atoms with van der Waals surface area (Å²) in [4.78, 5) is 10.7. The van der Waals surface area contributed by atoms with Crippen LogP contribution in [0.2, 0.25) is 0 Å². The number of carbonyl (C=O) groups is 1. The van der Waals surface area contributed by atoms with Crippen molar-refractivity contribution in [2.24, 2.45) is 0 Å². The van der Waals surface area contributed by atoms with Crippen LogP contribution in [0.25, 0.3) is 0 Å². The van der Waals surface area contributed by atoms with Crippen LogP contribution in [0.15, 0.2) is 11.6 Å². The van der Waals surface area contributed by atoms with Gasteiger partial charge in [-0.25, -0.2) is 0 Å². The molecule has 0 saturated heterocycles. The topological polar surface area (TPSA) is 74.2 Å². The van der Waals surface area contributed by atoms with E-state index in [1.165, 1.54) is 5.57 Å². The highest BCUT2D eigenvalue weighted by molar-refractivity contribution is 5.68. The SMILES string of the molecule is COc1c2c(c(OC)c(OC)c1OC)CCC(=CCCC(=O)O)CC2. The van der Waals surface area contributed by atoms with Gasteiger partial charge in [0.25, 0.3) is 0 Å². The molecular formula is C19H26O6. The summed E-state index contributed by atoms with van der Waals surface area (Å²) < 4.78 is 22.3. The highest BCUT2D eigenvalue weighted by Gasteiger charge is 2.28. The first-order valence-corrected chi connectivity index (χ1v) is 8.34. The molecule has 0 atom stereocenters. The number of carboxylic acids is 1. The molecule has 0 heterocycles. The van der Waals surface area contributed by atoms with Gasteiger partial charge in [0.05, 0.1) is 28.4 Å². The first-order chi connectivity index (χ1) is 12.1. The first-order valence-electron chi connectivity index (χ1n) is 8.34. The molecule has 1 N–H and O–H groups in total. The van der Waals surface area contributed by atoms with Crippen molar-refractivity contribution in [1.29, 1.82) is 0 Å². The number of fused-ring (bicyclic) bond motifs is 1. The van der Waals surface area contributed by atoms with E-state index in [0.29, 0.717) is 29.4 Å². The third kappa shape index (κ3) is 4.00. The number of rotatable bonds is 7. The van der Waals surface area contributed by atoms with Crippen LogP contribution < -0.4 is 18.9 Å². The average Bonchev–Trinajstić information content (AvgIpc) is 2.82. The number of carboxylic acid groups (broad SMARTS) is 1. The molecule has 1 aliphatic carbocycles. The van der Waals surface area contributed by atoms with Gasteiger partial charge in [-0.1, -0.05) is 11.6 Å². The van der Waals surface area contributed by atoms with Gasteiger partial charge >= 0.3 is 5.97 Å². The van der Waals surface area contributed by atoms with E-state index in [0.717, 1.165) is 36.8 Å². The van der Waals surface area contributed by atoms with Crippen LogP contribution >= 0.6 is 0 Å². The fourth-order valence-electron chi connectivity index (χ4n) is 3.39. The van der Waals surface area contributed by atoms with Gasteiger partial charge in [-0.15, -0.1) is 0 Å². The summed E-state index contributed by atoms with van der Waals surface area (Å²) in [6.45, 7) is 0. The van der Waals surface area contributed by atoms with Crippen molar-refractivity contribution in [2.75, 3.05) is 28.4 Å². The summed E-state index contributed by atoms with van der Waals surface area (Å²) in [5, 5.41) is 8.80. The lowest BCUT2D eigenvalue weighted by atomic mass is 9.99. The zero-order chi connectivity index (χ0) is 18.4. The Hall–Kier alpha value is -2.37. The maximum atomic E-state index is 10.7. The van der Waals surface area contributed by atoms with Crippen LogP contribution in [0.4, 0.5) is 0 Å². The van der Waals surface area contributed by atoms with E-state index in [1.54, 1.807) is 28.4 Å². The molecule has 0 bridgehead atoms. The number of hydrogen-bond donors (Lipinski definition) is 1. The van der Waals surface area contributed by atoms with Gasteiger partial charge in [0, 0.05) is 17.5 Å². The Kier molecular flexibility index (Phi) is 6.56. The molecule has 0 unspecified atom stereocenters. The van der Waals surface area contributed by atoms with E-state index in [2.05, 4.69) is 0 Å². The quantitative estimate of drug-likeness (QED) is 0.600. The number of methoxy groups -OCH3 is 4. The minimum Gasteiger partial charge on any atom is -0.492 e. The van der Waals surface area contributed by atoms with Gasteiger partial charge in [-0.2, -0.15) is 0 Å². The Bertz CT molecular complexity index is 618. The lowest BCUT2D eigenvalue weighted by Gasteiger charge is -2.21. The highest BCUT2D eigenvalue weighted by Crippen LogP contribution is 2.51. The average molecular weight is 350 g/mol. The molecule has 0 aliphatic heterocycles. The number of allylic oxidation sites excluding steroid dienone is 2. The fourth-order valence-corrected chi connectivity index (χ4v) is 3.39. The molecule has 0 amide bonds. The Morgan fingerprint density at radius 2 is 1.28 bits per heavy atom. The Morgan fingerprint density at radius 3 is 1.64 bits per heavy atom. The fraction of sp³-hybridized carbons (Fsp3) is 0.526. The van der Waals surface area contributed by atoms with E-state index in [1.807, 2.05) is 6.08 Å². The van der Waals surface area contributed by atoms with Crippen molar-refractivity contribution in [3.63, 3.8) is 0 Å². The minimum absolute atomic E-state index is 0.157. The molecule has 138 valence electrons. The molecule has 1 aromatic carbocycles. The number of benzene rings is 1. The van der Waals surface area contributed by atoms with E-state index in [-0.39, 0.29) is 6.42 Å². The van der Waals surface area contributed by atoms with Gasteiger partial charge in [-0.05, 0) is 32.1 Å². The van der Waals surface area contributed by atoms with Crippen LogP contribution in [0.3, 0.4) is 0 Å². The number of aliphatic carboxylic acids is 1. The molecule has 1 aliphatic rings. The lowest BCUT2D eigenvalue weighted by Crippen LogP contribution is -2.05. The van der Waals surface area contributed by atoms with Gasteiger partial charge < -0.3 is 24.1 Å². The molecule has 6 heteroatoms. The molecule has 2 rings (SSSR count). The third-order valence-electron chi connectivity index (χ3n) is 4.53. The van der Waals surface area contributed by atoms with Crippen LogP contribution in [-0.4, -0.2) is 39.5 Å². The molecule has 0 fully saturated rings. The monoisotopic (exact) mass is 350 g/mol. The highest BCUT2D eigenvalue weighted by atomic mass is 16.5. The van der Waals surface area contributed by atoms with Crippen LogP contribution in [0, 0.1) is 0 Å². The van der Waals surface area contributed by atoms with Crippen LogP contribution in [-0.2, 0) is 17.6 Å². The molecule has 0 saturated carbocycles. The molecule has 0 spiro atoms. The van der Waals surface area contributed by atoms with Gasteiger partial charge in [0.1, 0.15) is 0 Å². The largest absolute Gasteiger partial charge is 0.492 e. The summed E-state index contributed by atoms with van der Waals surface area (Å²) in [5.41, 5.74) is 3.40. The van der Waals surface area contributed by atoms with Crippen LogP contribution in [0.5, 0.6) is 23.0 Å². The van der Waals surface area contributed by atoms with Gasteiger partial charge in [0.15, 0.2) is 11.5 Å². The van der Waals surface area contributed by atoms with Crippen LogP contribution in [0.1, 0.15) is 36.8 Å². The van der Waals surface area contributed by atoms with Crippen molar-refractivity contribution in [2.45, 2.75) is 38.5 Å². The summed E-state index contributed by atoms with van der Waals surface area (Å²) in [7, 11) is 6.41. The van der Waals surface area contributed by atoms with Gasteiger partial charge in [-0.3, -0.25) is 4.79 Å². The second kappa shape index (κ2) is 8.65.